The zero-order valence-corrected chi connectivity index (χ0v) is 9.17. The molecule has 1 aliphatic rings. The minimum Gasteiger partial charge on any atom is -0.479 e. The van der Waals surface area contributed by atoms with Crippen LogP contribution >= 0.6 is 11.6 Å². The van der Waals surface area contributed by atoms with Crippen LogP contribution in [-0.4, -0.2) is 17.9 Å². The number of anilines is 1. The van der Waals surface area contributed by atoms with Crippen LogP contribution in [0.1, 0.15) is 12.5 Å². The van der Waals surface area contributed by atoms with Gasteiger partial charge in [0.2, 0.25) is 0 Å². The number of hydrogen-bond donors (Lipinski definition) is 1. The lowest BCUT2D eigenvalue weighted by Gasteiger charge is -2.23. The summed E-state index contributed by atoms with van der Waals surface area (Å²) in [6.07, 6.45) is 0.379. The van der Waals surface area contributed by atoms with Gasteiger partial charge in [-0.2, -0.15) is 0 Å². The molecule has 0 aliphatic carbocycles. The van der Waals surface area contributed by atoms with Crippen LogP contribution in [0.15, 0.2) is 18.2 Å². The molecule has 1 atom stereocenters. The van der Waals surface area contributed by atoms with Gasteiger partial charge in [-0.05, 0) is 31.0 Å². The van der Waals surface area contributed by atoms with Gasteiger partial charge < -0.3 is 10.1 Å². The SMILES string of the molecule is CC1Oc2cc(CCCl)ccc2NC1=O. The van der Waals surface area contributed by atoms with Crippen molar-refractivity contribution in [3.8, 4) is 5.75 Å². The molecule has 1 aromatic carbocycles. The molecule has 0 aromatic heterocycles. The van der Waals surface area contributed by atoms with E-state index in [0.717, 1.165) is 23.4 Å². The monoisotopic (exact) mass is 225 g/mol. The molecule has 1 aromatic rings. The summed E-state index contributed by atoms with van der Waals surface area (Å²) >= 11 is 5.66. The summed E-state index contributed by atoms with van der Waals surface area (Å²) in [4.78, 5) is 11.3. The summed E-state index contributed by atoms with van der Waals surface area (Å²) in [7, 11) is 0. The Labute approximate surface area is 93.4 Å². The van der Waals surface area contributed by atoms with E-state index in [9.17, 15) is 4.79 Å². The van der Waals surface area contributed by atoms with Gasteiger partial charge in [0.1, 0.15) is 5.75 Å². The second-order valence-electron chi connectivity index (χ2n) is 3.52. The van der Waals surface area contributed by atoms with E-state index in [1.807, 2.05) is 18.2 Å². The molecule has 0 saturated carbocycles. The molecule has 2 rings (SSSR count). The van der Waals surface area contributed by atoms with E-state index in [0.29, 0.717) is 5.88 Å². The van der Waals surface area contributed by atoms with Gasteiger partial charge >= 0.3 is 0 Å². The Morgan fingerprint density at radius 3 is 3.07 bits per heavy atom. The lowest BCUT2D eigenvalue weighted by molar-refractivity contribution is -0.122. The molecule has 3 nitrogen and oxygen atoms in total. The number of nitrogens with one attached hydrogen (secondary N) is 1. The number of benzene rings is 1. The van der Waals surface area contributed by atoms with Gasteiger partial charge in [-0.1, -0.05) is 6.07 Å². The van der Waals surface area contributed by atoms with Gasteiger partial charge in [0, 0.05) is 5.88 Å². The highest BCUT2D eigenvalue weighted by atomic mass is 35.5. The lowest BCUT2D eigenvalue weighted by atomic mass is 10.1. The number of hydrogen-bond acceptors (Lipinski definition) is 2. The number of ether oxygens (including phenoxy) is 1. The van der Waals surface area contributed by atoms with Gasteiger partial charge in [-0.3, -0.25) is 4.79 Å². The number of alkyl halides is 1. The summed E-state index contributed by atoms with van der Waals surface area (Å²) in [5, 5.41) is 2.78. The van der Waals surface area contributed by atoms with Crippen molar-refractivity contribution in [3.05, 3.63) is 23.8 Å². The Kier molecular flexibility index (Phi) is 2.82. The summed E-state index contributed by atoms with van der Waals surface area (Å²) in [6.45, 7) is 1.73. The van der Waals surface area contributed by atoms with E-state index in [1.54, 1.807) is 6.92 Å². The molecule has 4 heteroatoms. The predicted molar refractivity (Wildman–Crippen MR) is 59.6 cm³/mol. The van der Waals surface area contributed by atoms with Crippen LogP contribution in [0.4, 0.5) is 5.69 Å². The summed E-state index contributed by atoms with van der Waals surface area (Å²) in [5.74, 6) is 1.21. The van der Waals surface area contributed by atoms with E-state index >= 15 is 0 Å². The minimum absolute atomic E-state index is 0.104. The highest BCUT2D eigenvalue weighted by Crippen LogP contribution is 2.30. The fourth-order valence-electron chi connectivity index (χ4n) is 1.51. The molecular formula is C11H12ClNO2. The van der Waals surface area contributed by atoms with Gasteiger partial charge in [0.05, 0.1) is 5.69 Å². The summed E-state index contributed by atoms with van der Waals surface area (Å²) < 4.78 is 5.48. The number of halogens is 1. The van der Waals surface area contributed by atoms with Crippen molar-refractivity contribution < 1.29 is 9.53 Å². The number of rotatable bonds is 2. The van der Waals surface area contributed by atoms with E-state index < -0.39 is 6.10 Å². The van der Waals surface area contributed by atoms with Gasteiger partial charge in [0.15, 0.2) is 6.10 Å². The number of aryl methyl sites for hydroxylation is 1. The van der Waals surface area contributed by atoms with Crippen LogP contribution < -0.4 is 10.1 Å². The Hall–Kier alpha value is -1.22. The second kappa shape index (κ2) is 4.11. The topological polar surface area (TPSA) is 38.3 Å². The first-order valence-electron chi connectivity index (χ1n) is 4.87. The molecule has 0 radical (unpaired) electrons. The maximum atomic E-state index is 11.3. The van der Waals surface area contributed by atoms with Crippen molar-refractivity contribution in [1.82, 2.24) is 0 Å². The first-order valence-corrected chi connectivity index (χ1v) is 5.40. The molecule has 0 saturated heterocycles. The standard InChI is InChI=1S/C11H12ClNO2/c1-7-11(14)13-9-3-2-8(4-5-12)6-10(9)15-7/h2-3,6-7H,4-5H2,1H3,(H,13,14). The Morgan fingerprint density at radius 1 is 1.53 bits per heavy atom. The van der Waals surface area contributed by atoms with Crippen LogP contribution in [-0.2, 0) is 11.2 Å². The third-order valence-corrected chi connectivity index (χ3v) is 2.55. The number of amides is 1. The quantitative estimate of drug-likeness (QED) is 0.784. The van der Waals surface area contributed by atoms with Crippen molar-refractivity contribution in [2.75, 3.05) is 11.2 Å². The van der Waals surface area contributed by atoms with E-state index in [-0.39, 0.29) is 5.91 Å². The molecule has 1 unspecified atom stereocenters. The summed E-state index contributed by atoms with van der Waals surface area (Å²) in [6, 6.07) is 5.72. The fourth-order valence-corrected chi connectivity index (χ4v) is 1.73. The van der Waals surface area contributed by atoms with Crippen molar-refractivity contribution in [2.24, 2.45) is 0 Å². The van der Waals surface area contributed by atoms with E-state index in [4.69, 9.17) is 16.3 Å². The van der Waals surface area contributed by atoms with Gasteiger partial charge in [0.25, 0.3) is 5.91 Å². The van der Waals surface area contributed by atoms with Crippen molar-refractivity contribution in [3.63, 3.8) is 0 Å². The second-order valence-corrected chi connectivity index (χ2v) is 3.90. The fraction of sp³-hybridized carbons (Fsp3) is 0.364. The lowest BCUT2D eigenvalue weighted by Crippen LogP contribution is -2.34. The number of fused-ring (bicyclic) bond motifs is 1. The maximum absolute atomic E-state index is 11.3. The van der Waals surface area contributed by atoms with Crippen LogP contribution in [0, 0.1) is 0 Å². The minimum atomic E-state index is -0.427. The van der Waals surface area contributed by atoms with E-state index in [2.05, 4.69) is 5.32 Å². The molecule has 0 fully saturated rings. The third-order valence-electron chi connectivity index (χ3n) is 2.36. The van der Waals surface area contributed by atoms with Gasteiger partial charge in [-0.25, -0.2) is 0 Å². The Morgan fingerprint density at radius 2 is 2.33 bits per heavy atom. The molecular weight excluding hydrogens is 214 g/mol. The Bertz CT molecular complexity index is 392. The maximum Gasteiger partial charge on any atom is 0.265 e. The zero-order valence-electron chi connectivity index (χ0n) is 8.42. The van der Waals surface area contributed by atoms with Crippen LogP contribution in [0.5, 0.6) is 5.75 Å². The van der Waals surface area contributed by atoms with Crippen LogP contribution in [0.25, 0.3) is 0 Å². The highest BCUT2D eigenvalue weighted by Gasteiger charge is 2.23. The smallest absolute Gasteiger partial charge is 0.265 e. The zero-order chi connectivity index (χ0) is 10.8. The molecule has 1 heterocycles. The van der Waals surface area contributed by atoms with Crippen LogP contribution in [0.2, 0.25) is 0 Å². The molecule has 1 aliphatic heterocycles. The first kappa shape index (κ1) is 10.3. The largest absolute Gasteiger partial charge is 0.479 e. The average Bonchev–Trinajstić information content (AvgIpc) is 2.21. The van der Waals surface area contributed by atoms with Crippen molar-refractivity contribution >= 4 is 23.2 Å². The van der Waals surface area contributed by atoms with Crippen molar-refractivity contribution in [2.45, 2.75) is 19.4 Å². The first-order chi connectivity index (χ1) is 7.20. The molecule has 15 heavy (non-hydrogen) atoms. The Balaban J connectivity index is 2.29. The van der Waals surface area contributed by atoms with Crippen molar-refractivity contribution in [1.29, 1.82) is 0 Å². The van der Waals surface area contributed by atoms with E-state index in [1.165, 1.54) is 0 Å². The molecule has 0 spiro atoms. The molecule has 0 bridgehead atoms. The predicted octanol–water partition coefficient (Wildman–Crippen LogP) is 2.19. The van der Waals surface area contributed by atoms with Gasteiger partial charge in [-0.15, -0.1) is 11.6 Å². The average molecular weight is 226 g/mol. The third kappa shape index (κ3) is 2.07. The molecule has 1 N–H and O–H groups in total. The highest BCUT2D eigenvalue weighted by molar-refractivity contribution is 6.18. The number of carbonyl (C=O) groups excluding carboxylic acids is 1. The summed E-state index contributed by atoms with van der Waals surface area (Å²) in [5.41, 5.74) is 1.85. The molecule has 80 valence electrons. The number of carbonyl (C=O) groups is 1. The normalized spacial score (nSPS) is 19.1. The van der Waals surface area contributed by atoms with Crippen LogP contribution in [0.3, 0.4) is 0 Å². The molecule has 1 amide bonds.